The molecule has 2 heterocycles. The van der Waals surface area contributed by atoms with Gasteiger partial charge in [-0.15, -0.1) is 11.3 Å². The van der Waals surface area contributed by atoms with Gasteiger partial charge in [-0.3, -0.25) is 0 Å². The summed E-state index contributed by atoms with van der Waals surface area (Å²) in [5, 5.41) is 16.7. The molecule has 0 radical (unpaired) electrons. The van der Waals surface area contributed by atoms with Crippen LogP contribution in [0.4, 0.5) is 14.9 Å². The molecule has 27 heavy (non-hydrogen) atoms. The summed E-state index contributed by atoms with van der Waals surface area (Å²) in [5.41, 5.74) is 1.73. The summed E-state index contributed by atoms with van der Waals surface area (Å²) in [6, 6.07) is 4.79. The number of carbonyl (C=O) groups excluding carboxylic acids is 1. The predicted molar refractivity (Wildman–Crippen MR) is 102 cm³/mol. The number of benzene rings is 1. The minimum absolute atomic E-state index is 0.0110. The Morgan fingerprint density at radius 1 is 1.26 bits per heavy atom. The average Bonchev–Trinajstić information content (AvgIpc) is 3.18. The highest BCUT2D eigenvalue weighted by Crippen LogP contribution is 2.33. The number of furan rings is 1. The lowest BCUT2D eigenvalue weighted by atomic mass is 9.98. The quantitative estimate of drug-likeness (QED) is 0.561. The van der Waals surface area contributed by atoms with Crippen LogP contribution in [0, 0.1) is 18.7 Å². The van der Waals surface area contributed by atoms with Gasteiger partial charge in [-0.25, -0.2) is 14.0 Å². The molecule has 0 saturated carbocycles. The summed E-state index contributed by atoms with van der Waals surface area (Å²) in [4.78, 5) is 23.5. The van der Waals surface area contributed by atoms with Gasteiger partial charge < -0.3 is 20.2 Å². The number of thiophene rings is 1. The van der Waals surface area contributed by atoms with Gasteiger partial charge >= 0.3 is 12.0 Å². The number of amides is 2. The first-order valence-corrected chi connectivity index (χ1v) is 9.22. The zero-order valence-corrected chi connectivity index (χ0v) is 15.8. The van der Waals surface area contributed by atoms with Crippen molar-refractivity contribution in [3.63, 3.8) is 0 Å². The van der Waals surface area contributed by atoms with Crippen LogP contribution in [0.25, 0.3) is 11.0 Å². The van der Waals surface area contributed by atoms with Gasteiger partial charge in [0, 0.05) is 16.3 Å². The Morgan fingerprint density at radius 2 is 2.00 bits per heavy atom. The van der Waals surface area contributed by atoms with Crippen molar-refractivity contribution < 1.29 is 23.5 Å². The molecular formula is C19H19FN2O4S. The number of carbonyl (C=O) groups is 2. The molecule has 2 aromatic heterocycles. The lowest BCUT2D eigenvalue weighted by Crippen LogP contribution is -2.35. The monoisotopic (exact) mass is 390 g/mol. The molecule has 0 spiro atoms. The standard InChI is InChI=1S/C19H19FN2O4S/c1-9(2)16(17-10(3)13-6-11(20)4-5-14(13)26-17)22-19(25)21-12-7-15(18(23)24)27-8-12/h4-9,16H,1-3H3,(H,23,24)(H2,21,22,25). The van der Waals surface area contributed by atoms with Crippen molar-refractivity contribution in [3.8, 4) is 0 Å². The number of aromatic carboxylic acids is 1. The van der Waals surface area contributed by atoms with Crippen molar-refractivity contribution in [2.45, 2.75) is 26.8 Å². The Kier molecular flexibility index (Phi) is 5.18. The van der Waals surface area contributed by atoms with E-state index in [1.807, 2.05) is 20.8 Å². The number of aryl methyl sites for hydroxylation is 1. The molecule has 1 unspecified atom stereocenters. The summed E-state index contributed by atoms with van der Waals surface area (Å²) in [6.07, 6.45) is 0. The van der Waals surface area contributed by atoms with Gasteiger partial charge in [-0.2, -0.15) is 0 Å². The third-order valence-electron chi connectivity index (χ3n) is 4.24. The number of anilines is 1. The second kappa shape index (κ2) is 7.40. The smallest absolute Gasteiger partial charge is 0.345 e. The first-order chi connectivity index (χ1) is 12.8. The predicted octanol–water partition coefficient (Wildman–Crippen LogP) is 5.16. The Morgan fingerprint density at radius 3 is 2.63 bits per heavy atom. The number of halogens is 1. The van der Waals surface area contributed by atoms with Gasteiger partial charge in [0.2, 0.25) is 0 Å². The van der Waals surface area contributed by atoms with E-state index in [0.29, 0.717) is 22.4 Å². The summed E-state index contributed by atoms with van der Waals surface area (Å²) in [6.45, 7) is 5.70. The Labute approximate surface area is 159 Å². The van der Waals surface area contributed by atoms with Gasteiger partial charge in [0.1, 0.15) is 22.0 Å². The molecule has 1 atom stereocenters. The minimum atomic E-state index is -1.04. The Balaban J connectivity index is 1.82. The van der Waals surface area contributed by atoms with E-state index in [0.717, 1.165) is 16.9 Å². The summed E-state index contributed by atoms with van der Waals surface area (Å²) >= 11 is 1.03. The molecule has 142 valence electrons. The second-order valence-electron chi connectivity index (χ2n) is 6.56. The molecule has 1 aromatic carbocycles. The first kappa shape index (κ1) is 18.9. The lowest BCUT2D eigenvalue weighted by molar-refractivity contribution is 0.0702. The summed E-state index contributed by atoms with van der Waals surface area (Å²) in [7, 11) is 0. The molecule has 6 nitrogen and oxygen atoms in total. The third-order valence-corrected chi connectivity index (χ3v) is 5.16. The first-order valence-electron chi connectivity index (χ1n) is 8.34. The zero-order valence-electron chi connectivity index (χ0n) is 15.0. The van der Waals surface area contributed by atoms with Crippen molar-refractivity contribution in [1.82, 2.24) is 5.32 Å². The van der Waals surface area contributed by atoms with E-state index >= 15 is 0 Å². The topological polar surface area (TPSA) is 91.6 Å². The van der Waals surface area contributed by atoms with Crippen LogP contribution in [0.2, 0.25) is 0 Å². The van der Waals surface area contributed by atoms with Crippen LogP contribution >= 0.6 is 11.3 Å². The summed E-state index contributed by atoms with van der Waals surface area (Å²) < 4.78 is 19.4. The number of fused-ring (bicyclic) bond motifs is 1. The Hall–Kier alpha value is -2.87. The fraction of sp³-hybridized carbons (Fsp3) is 0.263. The van der Waals surface area contributed by atoms with Crippen LogP contribution in [-0.4, -0.2) is 17.1 Å². The van der Waals surface area contributed by atoms with Gasteiger partial charge in [0.15, 0.2) is 0 Å². The summed E-state index contributed by atoms with van der Waals surface area (Å²) in [5.74, 6) is -0.815. The molecular weight excluding hydrogens is 371 g/mol. The van der Waals surface area contributed by atoms with Crippen molar-refractivity contribution >= 4 is 40.0 Å². The fourth-order valence-electron chi connectivity index (χ4n) is 2.87. The van der Waals surface area contributed by atoms with Crippen LogP contribution < -0.4 is 10.6 Å². The number of carboxylic acid groups (broad SMARTS) is 1. The van der Waals surface area contributed by atoms with Crippen molar-refractivity contribution in [3.05, 3.63) is 51.7 Å². The second-order valence-corrected chi connectivity index (χ2v) is 7.47. The van der Waals surface area contributed by atoms with E-state index in [4.69, 9.17) is 9.52 Å². The van der Waals surface area contributed by atoms with Crippen molar-refractivity contribution in [2.75, 3.05) is 5.32 Å². The lowest BCUT2D eigenvalue weighted by Gasteiger charge is -2.21. The number of nitrogens with one attached hydrogen (secondary N) is 2. The van der Waals surface area contributed by atoms with Crippen LogP contribution in [0.3, 0.4) is 0 Å². The number of rotatable bonds is 5. The van der Waals surface area contributed by atoms with Gasteiger partial charge in [0.25, 0.3) is 0 Å². The molecule has 0 aliphatic rings. The molecule has 0 bridgehead atoms. The minimum Gasteiger partial charge on any atom is -0.477 e. The highest BCUT2D eigenvalue weighted by Gasteiger charge is 2.25. The Bertz CT molecular complexity index is 1010. The SMILES string of the molecule is Cc1c(C(NC(=O)Nc2csc(C(=O)O)c2)C(C)C)oc2ccc(F)cc12. The van der Waals surface area contributed by atoms with Crippen LogP contribution in [-0.2, 0) is 0 Å². The largest absolute Gasteiger partial charge is 0.477 e. The molecule has 0 aliphatic heterocycles. The van der Waals surface area contributed by atoms with E-state index in [9.17, 15) is 14.0 Å². The van der Waals surface area contributed by atoms with Crippen LogP contribution in [0.1, 0.15) is 40.9 Å². The number of urea groups is 1. The number of hydrogen-bond acceptors (Lipinski definition) is 4. The van der Waals surface area contributed by atoms with E-state index < -0.39 is 18.0 Å². The van der Waals surface area contributed by atoms with E-state index in [-0.39, 0.29) is 16.6 Å². The van der Waals surface area contributed by atoms with Crippen LogP contribution in [0.5, 0.6) is 0 Å². The molecule has 0 saturated heterocycles. The molecule has 3 aromatic rings. The molecule has 2 amide bonds. The highest BCUT2D eigenvalue weighted by molar-refractivity contribution is 7.12. The maximum Gasteiger partial charge on any atom is 0.345 e. The van der Waals surface area contributed by atoms with E-state index in [1.165, 1.54) is 18.2 Å². The maximum atomic E-state index is 13.5. The van der Waals surface area contributed by atoms with Crippen LogP contribution in [0.15, 0.2) is 34.1 Å². The number of carboxylic acids is 1. The normalized spacial score (nSPS) is 12.3. The molecule has 3 rings (SSSR count). The van der Waals surface area contributed by atoms with Crippen molar-refractivity contribution in [1.29, 1.82) is 0 Å². The fourth-order valence-corrected chi connectivity index (χ4v) is 3.54. The molecule has 0 aliphatic carbocycles. The molecule has 8 heteroatoms. The average molecular weight is 390 g/mol. The maximum absolute atomic E-state index is 13.5. The van der Waals surface area contributed by atoms with Gasteiger partial charge in [0.05, 0.1) is 11.7 Å². The van der Waals surface area contributed by atoms with Crippen molar-refractivity contribution in [2.24, 2.45) is 5.92 Å². The van der Waals surface area contributed by atoms with Gasteiger partial charge in [-0.05, 0) is 37.1 Å². The van der Waals surface area contributed by atoms with E-state index in [1.54, 1.807) is 11.4 Å². The van der Waals surface area contributed by atoms with Gasteiger partial charge in [-0.1, -0.05) is 13.8 Å². The van der Waals surface area contributed by atoms with E-state index in [2.05, 4.69) is 10.6 Å². The number of hydrogen-bond donors (Lipinski definition) is 3. The molecule has 3 N–H and O–H groups in total. The zero-order chi connectivity index (χ0) is 19.7. The highest BCUT2D eigenvalue weighted by atomic mass is 32.1. The molecule has 0 fully saturated rings. The third kappa shape index (κ3) is 3.95.